The van der Waals surface area contributed by atoms with Gasteiger partial charge in [0, 0.05) is 22.2 Å². The van der Waals surface area contributed by atoms with E-state index in [9.17, 15) is 17.9 Å². The van der Waals surface area contributed by atoms with E-state index in [0.717, 1.165) is 0 Å². The Morgan fingerprint density at radius 2 is 2.08 bits per heavy atom. The molecule has 1 atom stereocenters. The van der Waals surface area contributed by atoms with Crippen LogP contribution in [0.3, 0.4) is 0 Å². The van der Waals surface area contributed by atoms with Crippen LogP contribution in [0.15, 0.2) is 35.2 Å². The molecule has 24 heavy (non-hydrogen) atoms. The maximum Gasteiger partial charge on any atom is 0.178 e. The number of hydrogen-bond donors (Lipinski definition) is 1. The van der Waals surface area contributed by atoms with Crippen molar-refractivity contribution in [3.05, 3.63) is 52.3 Å². The van der Waals surface area contributed by atoms with Gasteiger partial charge in [-0.1, -0.05) is 18.5 Å². The summed E-state index contributed by atoms with van der Waals surface area (Å²) in [4.78, 5) is 0.134. The van der Waals surface area contributed by atoms with Crippen LogP contribution in [0.5, 0.6) is 11.5 Å². The Labute approximate surface area is 144 Å². The molecule has 7 heteroatoms. The summed E-state index contributed by atoms with van der Waals surface area (Å²) in [5.74, 6) is 0.0404. The fourth-order valence-corrected chi connectivity index (χ4v) is 4.30. The first-order valence-corrected chi connectivity index (χ1v) is 9.55. The SMILES string of the molecule is CCS(=O)(=O)c1ccc(Oc2cc(F)cc(Cl)c2)c2c1C(O)CC2. The molecular formula is C17H16ClFO4S. The van der Waals surface area contributed by atoms with Crippen LogP contribution in [0, 0.1) is 5.82 Å². The fourth-order valence-electron chi connectivity index (χ4n) is 2.91. The van der Waals surface area contributed by atoms with Gasteiger partial charge >= 0.3 is 0 Å². The van der Waals surface area contributed by atoms with Crippen molar-refractivity contribution < 1.29 is 22.7 Å². The first kappa shape index (κ1) is 17.2. The van der Waals surface area contributed by atoms with Gasteiger partial charge < -0.3 is 9.84 Å². The van der Waals surface area contributed by atoms with Crippen molar-refractivity contribution in [2.75, 3.05) is 5.75 Å². The molecule has 0 aromatic heterocycles. The summed E-state index contributed by atoms with van der Waals surface area (Å²) in [6, 6.07) is 6.81. The number of hydrogen-bond acceptors (Lipinski definition) is 4. The number of aliphatic hydroxyl groups is 1. The van der Waals surface area contributed by atoms with E-state index < -0.39 is 21.8 Å². The third-order valence-corrected chi connectivity index (χ3v) is 6.06. The molecule has 3 rings (SSSR count). The Kier molecular flexibility index (Phi) is 4.55. The molecule has 0 aliphatic heterocycles. The van der Waals surface area contributed by atoms with Gasteiger partial charge in [-0.2, -0.15) is 0 Å². The molecule has 0 saturated carbocycles. The first-order valence-electron chi connectivity index (χ1n) is 7.52. The molecule has 0 bridgehead atoms. The zero-order chi connectivity index (χ0) is 17.5. The standard InChI is InChI=1S/C17H16ClFO4S/c1-2-24(21,22)16-6-5-15(13-3-4-14(20)17(13)16)23-12-8-10(18)7-11(19)9-12/h5-9,14,20H,2-4H2,1H3. The Morgan fingerprint density at radius 3 is 2.75 bits per heavy atom. The molecule has 2 aromatic rings. The lowest BCUT2D eigenvalue weighted by molar-refractivity contribution is 0.177. The lowest BCUT2D eigenvalue weighted by Crippen LogP contribution is -2.09. The van der Waals surface area contributed by atoms with Crippen LogP contribution >= 0.6 is 11.6 Å². The molecule has 128 valence electrons. The van der Waals surface area contributed by atoms with Crippen molar-refractivity contribution in [3.8, 4) is 11.5 Å². The van der Waals surface area contributed by atoms with Gasteiger partial charge in [0.15, 0.2) is 9.84 Å². The van der Waals surface area contributed by atoms with Gasteiger partial charge in [0.25, 0.3) is 0 Å². The van der Waals surface area contributed by atoms with E-state index in [1.165, 1.54) is 30.3 Å². The van der Waals surface area contributed by atoms with E-state index in [1.807, 2.05) is 0 Å². The Bertz CT molecular complexity index is 875. The van der Waals surface area contributed by atoms with E-state index in [2.05, 4.69) is 0 Å². The fraction of sp³-hybridized carbons (Fsp3) is 0.294. The van der Waals surface area contributed by atoms with Crippen molar-refractivity contribution in [3.63, 3.8) is 0 Å². The topological polar surface area (TPSA) is 63.6 Å². The summed E-state index contributed by atoms with van der Waals surface area (Å²) in [5, 5.41) is 10.4. The average Bonchev–Trinajstić information content (AvgIpc) is 2.89. The van der Waals surface area contributed by atoms with Gasteiger partial charge in [-0.25, -0.2) is 12.8 Å². The number of fused-ring (bicyclic) bond motifs is 1. The van der Waals surface area contributed by atoms with Gasteiger partial charge in [-0.05, 0) is 37.1 Å². The van der Waals surface area contributed by atoms with Gasteiger partial charge in [-0.15, -0.1) is 0 Å². The van der Waals surface area contributed by atoms with Gasteiger partial charge in [-0.3, -0.25) is 0 Å². The number of benzene rings is 2. The number of aliphatic hydroxyl groups excluding tert-OH is 1. The molecule has 0 fully saturated rings. The highest BCUT2D eigenvalue weighted by Gasteiger charge is 2.31. The van der Waals surface area contributed by atoms with Crippen LogP contribution in [0.4, 0.5) is 4.39 Å². The molecule has 0 radical (unpaired) electrons. The molecule has 1 aliphatic rings. The minimum atomic E-state index is -3.46. The monoisotopic (exact) mass is 370 g/mol. The third-order valence-electron chi connectivity index (χ3n) is 4.05. The zero-order valence-corrected chi connectivity index (χ0v) is 14.5. The minimum absolute atomic E-state index is 0.0497. The van der Waals surface area contributed by atoms with Gasteiger partial charge in [0.1, 0.15) is 17.3 Å². The number of halogens is 2. The largest absolute Gasteiger partial charge is 0.457 e. The molecule has 1 aliphatic carbocycles. The molecule has 0 saturated heterocycles. The number of ether oxygens (including phenoxy) is 1. The quantitative estimate of drug-likeness (QED) is 0.882. The molecule has 2 aromatic carbocycles. The Morgan fingerprint density at radius 1 is 1.33 bits per heavy atom. The predicted molar refractivity (Wildman–Crippen MR) is 88.9 cm³/mol. The summed E-state index contributed by atoms with van der Waals surface area (Å²) in [6.07, 6.45) is 0.0596. The zero-order valence-electron chi connectivity index (χ0n) is 12.9. The van der Waals surface area contributed by atoms with Crippen molar-refractivity contribution >= 4 is 21.4 Å². The van der Waals surface area contributed by atoms with Crippen molar-refractivity contribution in [1.29, 1.82) is 0 Å². The van der Waals surface area contributed by atoms with Crippen LogP contribution in [-0.2, 0) is 16.3 Å². The molecule has 0 amide bonds. The summed E-state index contributed by atoms with van der Waals surface area (Å²) >= 11 is 5.82. The van der Waals surface area contributed by atoms with Crippen molar-refractivity contribution in [2.24, 2.45) is 0 Å². The van der Waals surface area contributed by atoms with Crippen LogP contribution < -0.4 is 4.74 Å². The Balaban J connectivity index is 2.08. The minimum Gasteiger partial charge on any atom is -0.457 e. The maximum absolute atomic E-state index is 13.4. The van der Waals surface area contributed by atoms with Crippen molar-refractivity contribution in [2.45, 2.75) is 30.8 Å². The average molecular weight is 371 g/mol. The van der Waals surface area contributed by atoms with Crippen molar-refractivity contribution in [1.82, 2.24) is 0 Å². The van der Waals surface area contributed by atoms with Crippen LogP contribution in [0.1, 0.15) is 30.6 Å². The van der Waals surface area contributed by atoms with Gasteiger partial charge in [0.2, 0.25) is 0 Å². The van der Waals surface area contributed by atoms with E-state index in [0.29, 0.717) is 29.7 Å². The lowest BCUT2D eigenvalue weighted by atomic mass is 10.1. The number of rotatable bonds is 4. The van der Waals surface area contributed by atoms with Crippen LogP contribution in [0.25, 0.3) is 0 Å². The lowest BCUT2D eigenvalue weighted by Gasteiger charge is -2.15. The summed E-state index contributed by atoms with van der Waals surface area (Å²) < 4.78 is 43.6. The summed E-state index contributed by atoms with van der Waals surface area (Å²) in [7, 11) is -3.46. The highest BCUT2D eigenvalue weighted by Crippen LogP contribution is 2.42. The molecular weight excluding hydrogens is 355 g/mol. The smallest absolute Gasteiger partial charge is 0.178 e. The molecule has 0 heterocycles. The van der Waals surface area contributed by atoms with Gasteiger partial charge in [0.05, 0.1) is 16.8 Å². The predicted octanol–water partition coefficient (Wildman–Crippen LogP) is 4.04. The van der Waals surface area contributed by atoms with E-state index >= 15 is 0 Å². The summed E-state index contributed by atoms with van der Waals surface area (Å²) in [6.45, 7) is 1.56. The summed E-state index contributed by atoms with van der Waals surface area (Å²) in [5.41, 5.74) is 1.02. The van der Waals surface area contributed by atoms with E-state index in [-0.39, 0.29) is 21.4 Å². The molecule has 0 spiro atoms. The second kappa shape index (κ2) is 6.35. The van der Waals surface area contributed by atoms with Crippen LogP contribution in [0.2, 0.25) is 5.02 Å². The second-order valence-corrected chi connectivity index (χ2v) is 8.30. The highest BCUT2D eigenvalue weighted by atomic mass is 35.5. The van der Waals surface area contributed by atoms with Crippen LogP contribution in [-0.4, -0.2) is 19.3 Å². The van der Waals surface area contributed by atoms with E-state index in [4.69, 9.17) is 16.3 Å². The van der Waals surface area contributed by atoms with E-state index in [1.54, 1.807) is 6.92 Å². The maximum atomic E-state index is 13.4. The second-order valence-electron chi connectivity index (χ2n) is 5.62. The highest BCUT2D eigenvalue weighted by molar-refractivity contribution is 7.91. The first-order chi connectivity index (χ1) is 11.3. The molecule has 4 nitrogen and oxygen atoms in total. The number of sulfone groups is 1. The molecule has 1 N–H and O–H groups in total. The third kappa shape index (κ3) is 3.14. The molecule has 1 unspecified atom stereocenters. The normalized spacial score (nSPS) is 16.9. The Hall–Kier alpha value is -1.63.